The number of benzene rings is 2. The van der Waals surface area contributed by atoms with Crippen molar-refractivity contribution >= 4 is 23.4 Å². The van der Waals surface area contributed by atoms with Crippen LogP contribution >= 0.6 is 11.6 Å². The van der Waals surface area contributed by atoms with Gasteiger partial charge in [-0.25, -0.2) is 0 Å². The van der Waals surface area contributed by atoms with E-state index in [1.807, 2.05) is 60.7 Å². The molecular formula is C42H49ClN4O4. The minimum absolute atomic E-state index is 0.0445. The standard InChI is InChI=1S/C42H49ClN4O4/c1-28(30-9-5-3-6-10-30)46-41(48)33-18-20-38(45-25-33)27-51-40-22-35(21-36(43)23-40)32-15-13-31(14-16-32)29(2)47-42(49)34-17-19-37(44-24-34)26-50-39-11-7-4-8-12-39/h4,7-8,11-12,17-25,28-32H,3,5-6,9-10,13-16,26-27H2,1-2H3,(H,46,48)(H,47,49). The summed E-state index contributed by atoms with van der Waals surface area (Å²) in [5, 5.41) is 7.01. The van der Waals surface area contributed by atoms with Crippen LogP contribution in [0.25, 0.3) is 0 Å². The highest BCUT2D eigenvalue weighted by Crippen LogP contribution is 2.39. The Morgan fingerprint density at radius 1 is 0.686 bits per heavy atom. The largest absolute Gasteiger partial charge is 0.487 e. The molecule has 0 radical (unpaired) electrons. The van der Waals surface area contributed by atoms with Crippen molar-refractivity contribution in [3.63, 3.8) is 0 Å². The van der Waals surface area contributed by atoms with Crippen LogP contribution in [0.4, 0.5) is 0 Å². The zero-order valence-electron chi connectivity index (χ0n) is 29.7. The molecule has 2 saturated carbocycles. The lowest BCUT2D eigenvalue weighted by Crippen LogP contribution is -2.39. The summed E-state index contributed by atoms with van der Waals surface area (Å²) in [4.78, 5) is 34.8. The average molecular weight is 709 g/mol. The second-order valence-corrected chi connectivity index (χ2v) is 14.7. The lowest BCUT2D eigenvalue weighted by Gasteiger charge is -2.33. The number of hydrogen-bond acceptors (Lipinski definition) is 6. The smallest absolute Gasteiger partial charge is 0.253 e. The van der Waals surface area contributed by atoms with Gasteiger partial charge in [0.2, 0.25) is 0 Å². The molecule has 8 nitrogen and oxygen atoms in total. The molecule has 9 heteroatoms. The van der Waals surface area contributed by atoms with Gasteiger partial charge in [-0.3, -0.25) is 19.6 Å². The number of para-hydroxylation sites is 1. The molecule has 0 aliphatic heterocycles. The second kappa shape index (κ2) is 17.7. The van der Waals surface area contributed by atoms with Gasteiger partial charge in [0, 0.05) is 29.5 Å². The first-order valence-electron chi connectivity index (χ1n) is 18.4. The van der Waals surface area contributed by atoms with E-state index >= 15 is 0 Å². The summed E-state index contributed by atoms with van der Waals surface area (Å²) in [7, 11) is 0. The van der Waals surface area contributed by atoms with Gasteiger partial charge in [-0.2, -0.15) is 0 Å². The average Bonchev–Trinajstić information content (AvgIpc) is 3.17. The topological polar surface area (TPSA) is 102 Å². The molecule has 2 aliphatic rings. The molecule has 2 unspecified atom stereocenters. The summed E-state index contributed by atoms with van der Waals surface area (Å²) in [6, 6.07) is 23.1. The highest BCUT2D eigenvalue weighted by Gasteiger charge is 2.28. The minimum Gasteiger partial charge on any atom is -0.487 e. The van der Waals surface area contributed by atoms with Crippen LogP contribution in [0.5, 0.6) is 11.5 Å². The zero-order valence-corrected chi connectivity index (χ0v) is 30.4. The first-order chi connectivity index (χ1) is 24.8. The molecule has 2 fully saturated rings. The van der Waals surface area contributed by atoms with Crippen LogP contribution in [0, 0.1) is 11.8 Å². The summed E-state index contributed by atoms with van der Waals surface area (Å²) >= 11 is 6.55. The maximum atomic E-state index is 13.0. The number of aromatic nitrogens is 2. The van der Waals surface area contributed by atoms with Crippen molar-refractivity contribution in [3.8, 4) is 11.5 Å². The summed E-state index contributed by atoms with van der Waals surface area (Å²) in [6.07, 6.45) is 13.4. The predicted octanol–water partition coefficient (Wildman–Crippen LogP) is 9.08. The Balaban J connectivity index is 0.946. The molecule has 4 aromatic rings. The van der Waals surface area contributed by atoms with Gasteiger partial charge in [-0.1, -0.05) is 49.1 Å². The molecule has 2 aromatic heterocycles. The number of nitrogens with one attached hydrogen (secondary N) is 2. The predicted molar refractivity (Wildman–Crippen MR) is 200 cm³/mol. The molecule has 2 heterocycles. The van der Waals surface area contributed by atoms with Crippen molar-refractivity contribution in [2.45, 2.75) is 103 Å². The van der Waals surface area contributed by atoms with Gasteiger partial charge in [-0.05, 0) is 130 Å². The van der Waals surface area contributed by atoms with Gasteiger partial charge in [0.15, 0.2) is 0 Å². The molecule has 51 heavy (non-hydrogen) atoms. The van der Waals surface area contributed by atoms with Crippen molar-refractivity contribution in [1.29, 1.82) is 0 Å². The van der Waals surface area contributed by atoms with E-state index in [2.05, 4.69) is 40.5 Å². The van der Waals surface area contributed by atoms with Crippen molar-refractivity contribution < 1.29 is 19.1 Å². The molecule has 2 amide bonds. The third-order valence-electron chi connectivity index (χ3n) is 10.6. The van der Waals surface area contributed by atoms with Crippen LogP contribution in [0.1, 0.15) is 115 Å². The van der Waals surface area contributed by atoms with E-state index in [4.69, 9.17) is 21.1 Å². The van der Waals surface area contributed by atoms with Crippen LogP contribution < -0.4 is 20.1 Å². The van der Waals surface area contributed by atoms with Gasteiger partial charge in [0.25, 0.3) is 11.8 Å². The Hall–Kier alpha value is -4.43. The normalized spacial score (nSPS) is 19.0. The lowest BCUT2D eigenvalue weighted by atomic mass is 9.76. The summed E-state index contributed by atoms with van der Waals surface area (Å²) in [5.74, 6) is 2.61. The van der Waals surface area contributed by atoms with Gasteiger partial charge < -0.3 is 20.1 Å². The van der Waals surface area contributed by atoms with E-state index in [0.717, 1.165) is 42.8 Å². The van der Waals surface area contributed by atoms with Crippen molar-refractivity contribution in [2.24, 2.45) is 11.8 Å². The SMILES string of the molecule is CC(NC(=O)c1ccc(COc2cc(Cl)cc(C3CCC(C(C)NC(=O)c4ccc(COc5ccccc5)nc4)CC3)c2)nc1)C1CCCCC1. The minimum atomic E-state index is -0.110. The maximum Gasteiger partial charge on any atom is 0.253 e. The molecule has 0 bridgehead atoms. The molecule has 2 aliphatic carbocycles. The number of rotatable bonds is 13. The third-order valence-corrected chi connectivity index (χ3v) is 10.8. The van der Waals surface area contributed by atoms with E-state index in [1.54, 1.807) is 18.5 Å². The fraction of sp³-hybridized carbons (Fsp3) is 0.429. The van der Waals surface area contributed by atoms with Crippen LogP contribution in [0.2, 0.25) is 5.02 Å². The molecule has 6 rings (SSSR count). The van der Waals surface area contributed by atoms with Crippen LogP contribution in [0.15, 0.2) is 85.2 Å². The summed E-state index contributed by atoms with van der Waals surface area (Å²) in [5.41, 5.74) is 3.78. The number of pyridine rings is 2. The van der Waals surface area contributed by atoms with Gasteiger partial charge >= 0.3 is 0 Å². The molecule has 2 aromatic carbocycles. The van der Waals surface area contributed by atoms with Crippen molar-refractivity contribution in [2.75, 3.05) is 0 Å². The number of carbonyl (C=O) groups excluding carboxylic acids is 2. The number of amides is 2. The van der Waals surface area contributed by atoms with E-state index < -0.39 is 0 Å². The molecule has 0 spiro atoms. The summed E-state index contributed by atoms with van der Waals surface area (Å²) in [6.45, 7) is 4.83. The Labute approximate surface area is 306 Å². The van der Waals surface area contributed by atoms with E-state index in [-0.39, 0.29) is 30.5 Å². The van der Waals surface area contributed by atoms with Crippen LogP contribution in [0.3, 0.4) is 0 Å². The first kappa shape index (κ1) is 36.4. The maximum absolute atomic E-state index is 13.0. The van der Waals surface area contributed by atoms with Gasteiger partial charge in [0.1, 0.15) is 24.7 Å². The lowest BCUT2D eigenvalue weighted by molar-refractivity contribution is 0.0909. The zero-order chi connectivity index (χ0) is 35.6. The Kier molecular flexibility index (Phi) is 12.6. The van der Waals surface area contributed by atoms with E-state index in [1.165, 1.54) is 37.7 Å². The van der Waals surface area contributed by atoms with Crippen LogP contribution in [-0.4, -0.2) is 33.9 Å². The Morgan fingerprint density at radius 3 is 1.78 bits per heavy atom. The molecule has 2 atom stereocenters. The molecular weight excluding hydrogens is 660 g/mol. The van der Waals surface area contributed by atoms with Gasteiger partial charge in [-0.15, -0.1) is 0 Å². The monoisotopic (exact) mass is 708 g/mol. The van der Waals surface area contributed by atoms with Gasteiger partial charge in [0.05, 0.1) is 22.5 Å². The van der Waals surface area contributed by atoms with E-state index in [9.17, 15) is 9.59 Å². The number of hydrogen-bond donors (Lipinski definition) is 2. The number of halogens is 1. The Bertz CT molecular complexity index is 1720. The van der Waals surface area contributed by atoms with Crippen LogP contribution in [-0.2, 0) is 13.2 Å². The number of ether oxygens (including phenoxy) is 2. The van der Waals surface area contributed by atoms with Crippen molar-refractivity contribution in [1.82, 2.24) is 20.6 Å². The van der Waals surface area contributed by atoms with Crippen molar-refractivity contribution in [3.05, 3.63) is 118 Å². The number of nitrogens with zero attached hydrogens (tertiary/aromatic N) is 2. The fourth-order valence-corrected chi connectivity index (χ4v) is 7.66. The van der Waals surface area contributed by atoms with E-state index in [0.29, 0.717) is 46.3 Å². The molecule has 268 valence electrons. The molecule has 2 N–H and O–H groups in total. The Morgan fingerprint density at radius 2 is 1.24 bits per heavy atom. The second-order valence-electron chi connectivity index (χ2n) is 14.2. The third kappa shape index (κ3) is 10.3. The first-order valence-corrected chi connectivity index (χ1v) is 18.8. The highest BCUT2D eigenvalue weighted by atomic mass is 35.5. The molecule has 0 saturated heterocycles. The summed E-state index contributed by atoms with van der Waals surface area (Å²) < 4.78 is 11.9. The number of carbonyl (C=O) groups is 2. The highest BCUT2D eigenvalue weighted by molar-refractivity contribution is 6.30. The quantitative estimate of drug-likeness (QED) is 0.144. The fourth-order valence-electron chi connectivity index (χ4n) is 7.43.